The molecule has 3 amide bonds. The molecule has 1 saturated heterocycles. The monoisotopic (exact) mass is 381 g/mol. The average Bonchev–Trinajstić information content (AvgIpc) is 2.71. The van der Waals surface area contributed by atoms with Crippen molar-refractivity contribution in [3.63, 3.8) is 0 Å². The molecule has 1 aromatic heterocycles. The van der Waals surface area contributed by atoms with E-state index < -0.39 is 6.04 Å². The molecule has 0 saturated carbocycles. The van der Waals surface area contributed by atoms with Crippen molar-refractivity contribution in [3.8, 4) is 0 Å². The van der Waals surface area contributed by atoms with Gasteiger partial charge in [-0.15, -0.1) is 0 Å². The van der Waals surface area contributed by atoms with Crippen molar-refractivity contribution in [2.24, 2.45) is 5.73 Å². The van der Waals surface area contributed by atoms with Crippen LogP contribution < -0.4 is 16.4 Å². The van der Waals surface area contributed by atoms with Gasteiger partial charge in [0.15, 0.2) is 0 Å². The van der Waals surface area contributed by atoms with E-state index in [4.69, 9.17) is 5.73 Å². The summed E-state index contributed by atoms with van der Waals surface area (Å²) in [6, 6.07) is 12.8. The number of carbonyl (C=O) groups is 2. The summed E-state index contributed by atoms with van der Waals surface area (Å²) in [7, 11) is 0. The van der Waals surface area contributed by atoms with Gasteiger partial charge in [-0.1, -0.05) is 30.3 Å². The molecule has 7 heteroatoms. The van der Waals surface area contributed by atoms with E-state index in [1.807, 2.05) is 42.5 Å². The van der Waals surface area contributed by atoms with Crippen molar-refractivity contribution < 1.29 is 9.59 Å². The van der Waals surface area contributed by atoms with Crippen LogP contribution in [0.2, 0.25) is 0 Å². The van der Waals surface area contributed by atoms with Crippen molar-refractivity contribution >= 4 is 11.9 Å². The molecule has 1 fully saturated rings. The zero-order valence-corrected chi connectivity index (χ0v) is 15.9. The van der Waals surface area contributed by atoms with Gasteiger partial charge in [-0.2, -0.15) is 0 Å². The van der Waals surface area contributed by atoms with Crippen LogP contribution in [0.15, 0.2) is 48.7 Å². The summed E-state index contributed by atoms with van der Waals surface area (Å²) in [5.74, 6) is -0.0572. The zero-order chi connectivity index (χ0) is 19.8. The highest BCUT2D eigenvalue weighted by Gasteiger charge is 2.30. The number of benzene rings is 1. The first-order valence-electron chi connectivity index (χ1n) is 9.66. The number of nitrogens with two attached hydrogens (primary N) is 1. The van der Waals surface area contributed by atoms with E-state index in [1.165, 1.54) is 5.56 Å². The maximum Gasteiger partial charge on any atom is 0.315 e. The summed E-state index contributed by atoms with van der Waals surface area (Å²) < 4.78 is 0. The fourth-order valence-corrected chi connectivity index (χ4v) is 3.30. The Morgan fingerprint density at radius 1 is 1.18 bits per heavy atom. The van der Waals surface area contributed by atoms with Crippen molar-refractivity contribution in [1.82, 2.24) is 20.5 Å². The summed E-state index contributed by atoms with van der Waals surface area (Å²) in [6.45, 7) is 2.18. The first-order chi connectivity index (χ1) is 13.7. The molecule has 1 aromatic carbocycles. The fourth-order valence-electron chi connectivity index (χ4n) is 3.30. The molecular formula is C21H27N5O2. The van der Waals surface area contributed by atoms with Crippen LogP contribution in [0.1, 0.15) is 29.7 Å². The molecule has 4 N–H and O–H groups in total. The van der Waals surface area contributed by atoms with Gasteiger partial charge in [0.2, 0.25) is 5.91 Å². The summed E-state index contributed by atoms with van der Waals surface area (Å²) in [5.41, 5.74) is 8.58. The van der Waals surface area contributed by atoms with Crippen LogP contribution in [0.25, 0.3) is 0 Å². The molecule has 28 heavy (non-hydrogen) atoms. The van der Waals surface area contributed by atoms with Crippen molar-refractivity contribution in [2.45, 2.75) is 38.4 Å². The molecular weight excluding hydrogens is 354 g/mol. The van der Waals surface area contributed by atoms with Crippen LogP contribution in [0.4, 0.5) is 4.79 Å². The summed E-state index contributed by atoms with van der Waals surface area (Å²) in [4.78, 5) is 31.0. The molecule has 1 atom stereocenters. The van der Waals surface area contributed by atoms with Gasteiger partial charge in [-0.3, -0.25) is 9.78 Å². The quantitative estimate of drug-likeness (QED) is 0.678. The standard InChI is InChI=1S/C21H27N5O2/c22-11-10-16-6-8-17(9-7-16)14-24-21(28)25-19-5-3-13-26(20(19)27)15-18-4-1-2-12-23-18/h1-2,4,6-9,12,19H,3,5,10-11,13-15,22H2,(H2,24,25,28). The number of pyridine rings is 1. The minimum absolute atomic E-state index is 0.0572. The first kappa shape index (κ1) is 19.8. The van der Waals surface area contributed by atoms with Crippen LogP contribution in [-0.4, -0.2) is 41.0 Å². The maximum absolute atomic E-state index is 12.7. The van der Waals surface area contributed by atoms with Crippen LogP contribution in [0.5, 0.6) is 0 Å². The number of amides is 3. The smallest absolute Gasteiger partial charge is 0.315 e. The lowest BCUT2D eigenvalue weighted by molar-refractivity contribution is -0.136. The Labute approximate surface area is 165 Å². The lowest BCUT2D eigenvalue weighted by Crippen LogP contribution is -2.53. The van der Waals surface area contributed by atoms with Gasteiger partial charge in [-0.25, -0.2) is 4.79 Å². The molecule has 0 radical (unpaired) electrons. The van der Waals surface area contributed by atoms with E-state index in [2.05, 4.69) is 15.6 Å². The second-order valence-electron chi connectivity index (χ2n) is 6.96. The predicted molar refractivity (Wildman–Crippen MR) is 107 cm³/mol. The number of piperidine rings is 1. The Morgan fingerprint density at radius 2 is 1.96 bits per heavy atom. The Morgan fingerprint density at radius 3 is 2.68 bits per heavy atom. The molecule has 0 bridgehead atoms. The van der Waals surface area contributed by atoms with Gasteiger partial charge in [-0.05, 0) is 49.1 Å². The molecule has 1 unspecified atom stereocenters. The van der Waals surface area contributed by atoms with Gasteiger partial charge in [0, 0.05) is 19.3 Å². The second kappa shape index (κ2) is 9.85. The normalized spacial score (nSPS) is 16.7. The minimum atomic E-state index is -0.496. The number of nitrogens with one attached hydrogen (secondary N) is 2. The molecule has 0 spiro atoms. The largest absolute Gasteiger partial charge is 0.335 e. The number of likely N-dealkylation sites (tertiary alicyclic amines) is 1. The highest BCUT2D eigenvalue weighted by molar-refractivity contribution is 5.87. The molecule has 2 aromatic rings. The van der Waals surface area contributed by atoms with Gasteiger partial charge < -0.3 is 21.3 Å². The van der Waals surface area contributed by atoms with Gasteiger partial charge >= 0.3 is 6.03 Å². The summed E-state index contributed by atoms with van der Waals surface area (Å²) in [5, 5.41) is 5.63. The zero-order valence-electron chi connectivity index (χ0n) is 15.9. The number of hydrogen-bond acceptors (Lipinski definition) is 4. The van der Waals surface area contributed by atoms with E-state index in [-0.39, 0.29) is 11.9 Å². The van der Waals surface area contributed by atoms with E-state index in [9.17, 15) is 9.59 Å². The van der Waals surface area contributed by atoms with Gasteiger partial charge in [0.05, 0.1) is 12.2 Å². The Bertz CT molecular complexity index is 779. The van der Waals surface area contributed by atoms with Gasteiger partial charge in [0.25, 0.3) is 0 Å². The number of carbonyl (C=O) groups excluding carboxylic acids is 2. The average molecular weight is 381 g/mol. The van der Waals surface area contributed by atoms with E-state index in [0.717, 1.165) is 24.1 Å². The third kappa shape index (κ3) is 5.53. The second-order valence-corrected chi connectivity index (χ2v) is 6.96. The Balaban J connectivity index is 1.48. The predicted octanol–water partition coefficient (Wildman–Crippen LogP) is 1.57. The van der Waals surface area contributed by atoms with Crippen molar-refractivity contribution in [1.29, 1.82) is 0 Å². The van der Waals surface area contributed by atoms with Crippen LogP contribution in [0.3, 0.4) is 0 Å². The maximum atomic E-state index is 12.7. The summed E-state index contributed by atoms with van der Waals surface area (Å²) in [6.07, 6.45) is 4.06. The molecule has 148 valence electrons. The van der Waals surface area contributed by atoms with Crippen LogP contribution >= 0.6 is 0 Å². The Kier molecular flexibility index (Phi) is 6.97. The third-order valence-electron chi connectivity index (χ3n) is 4.82. The number of aromatic nitrogens is 1. The molecule has 2 heterocycles. The molecule has 3 rings (SSSR count). The van der Waals surface area contributed by atoms with E-state index in [0.29, 0.717) is 32.6 Å². The number of hydrogen-bond donors (Lipinski definition) is 3. The van der Waals surface area contributed by atoms with E-state index in [1.54, 1.807) is 11.1 Å². The van der Waals surface area contributed by atoms with Crippen LogP contribution in [0, 0.1) is 0 Å². The van der Waals surface area contributed by atoms with Gasteiger partial charge in [0.1, 0.15) is 6.04 Å². The lowest BCUT2D eigenvalue weighted by Gasteiger charge is -2.32. The van der Waals surface area contributed by atoms with Crippen molar-refractivity contribution in [2.75, 3.05) is 13.1 Å². The third-order valence-corrected chi connectivity index (χ3v) is 4.82. The minimum Gasteiger partial charge on any atom is -0.335 e. The highest BCUT2D eigenvalue weighted by atomic mass is 16.2. The van der Waals surface area contributed by atoms with Crippen molar-refractivity contribution in [3.05, 3.63) is 65.5 Å². The molecule has 1 aliphatic rings. The number of rotatable bonds is 7. The summed E-state index contributed by atoms with van der Waals surface area (Å²) >= 11 is 0. The fraction of sp³-hybridized carbons (Fsp3) is 0.381. The molecule has 0 aliphatic carbocycles. The number of urea groups is 1. The molecule has 1 aliphatic heterocycles. The van der Waals surface area contributed by atoms with E-state index >= 15 is 0 Å². The first-order valence-corrected chi connectivity index (χ1v) is 9.66. The highest BCUT2D eigenvalue weighted by Crippen LogP contribution is 2.14. The van der Waals surface area contributed by atoms with Crippen LogP contribution in [-0.2, 0) is 24.3 Å². The SMILES string of the molecule is NCCc1ccc(CNC(=O)NC2CCCN(Cc3ccccn3)C2=O)cc1. The topological polar surface area (TPSA) is 100 Å². The lowest BCUT2D eigenvalue weighted by atomic mass is 10.0. The Hall–Kier alpha value is -2.93. The molecule has 7 nitrogen and oxygen atoms in total. The number of nitrogens with zero attached hydrogens (tertiary/aromatic N) is 2.